The summed E-state index contributed by atoms with van der Waals surface area (Å²) in [5.74, 6) is 1.59. The average Bonchev–Trinajstić information content (AvgIpc) is 2.88. The van der Waals surface area contributed by atoms with Gasteiger partial charge in [-0.1, -0.05) is 30.1 Å². The lowest BCUT2D eigenvalue weighted by atomic mass is 10.2. The van der Waals surface area contributed by atoms with Gasteiger partial charge in [-0.2, -0.15) is 0 Å². The maximum absolute atomic E-state index is 5.95. The van der Waals surface area contributed by atoms with Crippen LogP contribution >= 0.6 is 23.2 Å². The number of benzene rings is 1. The Hall–Kier alpha value is -1.16. The van der Waals surface area contributed by atoms with E-state index in [9.17, 15) is 0 Å². The Morgan fingerprint density at radius 3 is 2.80 bits per heavy atom. The van der Waals surface area contributed by atoms with Crippen LogP contribution < -0.4 is 10.1 Å². The van der Waals surface area contributed by atoms with E-state index < -0.39 is 0 Å². The van der Waals surface area contributed by atoms with Crippen LogP contribution in [-0.2, 0) is 13.2 Å². The van der Waals surface area contributed by atoms with Crippen molar-refractivity contribution in [1.29, 1.82) is 0 Å². The zero-order chi connectivity index (χ0) is 14.4. The third kappa shape index (κ3) is 4.17. The molecule has 0 aliphatic heterocycles. The molecule has 0 atom stereocenters. The van der Waals surface area contributed by atoms with E-state index >= 15 is 0 Å². The maximum Gasteiger partial charge on any atom is 0.124 e. The summed E-state index contributed by atoms with van der Waals surface area (Å²) in [5, 5.41) is 4.31. The number of hydrogen-bond acceptors (Lipinski definition) is 3. The predicted octanol–water partition coefficient (Wildman–Crippen LogP) is 4.67. The highest BCUT2D eigenvalue weighted by Crippen LogP contribution is 2.27. The minimum Gasteiger partial charge on any atom is -0.489 e. The van der Waals surface area contributed by atoms with Crippen molar-refractivity contribution in [3.63, 3.8) is 0 Å². The van der Waals surface area contributed by atoms with E-state index in [2.05, 4.69) is 12.2 Å². The molecule has 0 unspecified atom stereocenters. The number of rotatable bonds is 7. The van der Waals surface area contributed by atoms with Gasteiger partial charge in [0.05, 0.1) is 22.9 Å². The van der Waals surface area contributed by atoms with Crippen LogP contribution in [0.5, 0.6) is 5.75 Å². The Balaban J connectivity index is 1.93. The molecule has 0 fully saturated rings. The van der Waals surface area contributed by atoms with Crippen molar-refractivity contribution in [2.45, 2.75) is 26.5 Å². The smallest absolute Gasteiger partial charge is 0.124 e. The first-order chi connectivity index (χ1) is 9.70. The molecule has 0 bridgehead atoms. The van der Waals surface area contributed by atoms with Gasteiger partial charge in [0.2, 0.25) is 0 Å². The monoisotopic (exact) mass is 313 g/mol. The Morgan fingerprint density at radius 2 is 2.05 bits per heavy atom. The van der Waals surface area contributed by atoms with Gasteiger partial charge in [0.25, 0.3) is 0 Å². The van der Waals surface area contributed by atoms with Crippen LogP contribution in [0.25, 0.3) is 0 Å². The van der Waals surface area contributed by atoms with Crippen molar-refractivity contribution in [3.8, 4) is 5.75 Å². The molecule has 3 nitrogen and oxygen atoms in total. The lowest BCUT2D eigenvalue weighted by Gasteiger charge is -2.08. The quantitative estimate of drug-likeness (QED) is 0.755. The van der Waals surface area contributed by atoms with Crippen molar-refractivity contribution in [3.05, 3.63) is 51.9 Å². The van der Waals surface area contributed by atoms with Crippen LogP contribution in [0, 0.1) is 0 Å². The molecule has 5 heteroatoms. The summed E-state index contributed by atoms with van der Waals surface area (Å²) in [6.07, 6.45) is 2.77. The first kappa shape index (κ1) is 15.2. The molecule has 1 N–H and O–H groups in total. The van der Waals surface area contributed by atoms with Crippen LogP contribution in [0.4, 0.5) is 0 Å². The van der Waals surface area contributed by atoms with Crippen molar-refractivity contribution in [2.75, 3.05) is 6.54 Å². The maximum atomic E-state index is 5.95. The van der Waals surface area contributed by atoms with Gasteiger partial charge < -0.3 is 14.5 Å². The van der Waals surface area contributed by atoms with Crippen LogP contribution in [-0.4, -0.2) is 6.54 Å². The van der Waals surface area contributed by atoms with Crippen molar-refractivity contribution >= 4 is 23.2 Å². The van der Waals surface area contributed by atoms with Gasteiger partial charge >= 0.3 is 0 Å². The largest absolute Gasteiger partial charge is 0.489 e. The molecule has 2 aromatic rings. The fourth-order valence-corrected chi connectivity index (χ4v) is 2.05. The minimum absolute atomic E-state index is 0.442. The second kappa shape index (κ2) is 7.58. The summed E-state index contributed by atoms with van der Waals surface area (Å²) < 4.78 is 11.2. The van der Waals surface area contributed by atoms with Crippen molar-refractivity contribution in [1.82, 2.24) is 5.32 Å². The van der Waals surface area contributed by atoms with E-state index in [1.807, 2.05) is 6.07 Å². The molecule has 1 aromatic carbocycles. The lowest BCUT2D eigenvalue weighted by Crippen LogP contribution is -2.14. The lowest BCUT2D eigenvalue weighted by molar-refractivity contribution is 0.301. The Bertz CT molecular complexity index is 555. The fourth-order valence-electron chi connectivity index (χ4n) is 1.76. The van der Waals surface area contributed by atoms with Gasteiger partial charge in [0.15, 0.2) is 0 Å². The van der Waals surface area contributed by atoms with Gasteiger partial charge in [0.1, 0.15) is 18.1 Å². The molecule has 0 radical (unpaired) electrons. The van der Waals surface area contributed by atoms with Crippen LogP contribution in [0.3, 0.4) is 0 Å². The second-order valence-corrected chi connectivity index (χ2v) is 5.22. The highest BCUT2D eigenvalue weighted by Gasteiger charge is 2.07. The first-order valence-corrected chi connectivity index (χ1v) is 7.30. The molecule has 0 saturated carbocycles. The minimum atomic E-state index is 0.442. The Kier molecular flexibility index (Phi) is 5.77. The number of nitrogens with one attached hydrogen (secondary N) is 1. The van der Waals surface area contributed by atoms with Gasteiger partial charge in [-0.25, -0.2) is 0 Å². The summed E-state index contributed by atoms with van der Waals surface area (Å²) in [6, 6.07) is 7.14. The highest BCUT2D eigenvalue weighted by atomic mass is 35.5. The predicted molar refractivity (Wildman–Crippen MR) is 81.5 cm³/mol. The molecule has 108 valence electrons. The molecular formula is C15H17Cl2NO2. The highest BCUT2D eigenvalue weighted by molar-refractivity contribution is 6.42. The summed E-state index contributed by atoms with van der Waals surface area (Å²) in [7, 11) is 0. The first-order valence-electron chi connectivity index (χ1n) is 6.54. The SMILES string of the molecule is CCCNCc1occc1COc1ccc(Cl)c(Cl)c1. The molecule has 1 heterocycles. The van der Waals surface area contributed by atoms with E-state index in [0.29, 0.717) is 28.9 Å². The zero-order valence-corrected chi connectivity index (χ0v) is 12.8. The average molecular weight is 314 g/mol. The van der Waals surface area contributed by atoms with Crippen LogP contribution in [0.2, 0.25) is 10.0 Å². The van der Waals surface area contributed by atoms with Crippen molar-refractivity contribution < 1.29 is 9.15 Å². The molecule has 0 saturated heterocycles. The molecule has 0 aliphatic carbocycles. The number of hydrogen-bond donors (Lipinski definition) is 1. The van der Waals surface area contributed by atoms with E-state index in [-0.39, 0.29) is 0 Å². The number of ether oxygens (including phenoxy) is 1. The van der Waals surface area contributed by atoms with E-state index in [1.165, 1.54) is 0 Å². The third-order valence-corrected chi connectivity index (χ3v) is 3.57. The number of furan rings is 1. The van der Waals surface area contributed by atoms with E-state index in [4.69, 9.17) is 32.4 Å². The summed E-state index contributed by atoms with van der Waals surface area (Å²) in [5.41, 5.74) is 1.03. The topological polar surface area (TPSA) is 34.4 Å². The molecule has 0 aliphatic rings. The van der Waals surface area contributed by atoms with Crippen LogP contribution in [0.1, 0.15) is 24.7 Å². The van der Waals surface area contributed by atoms with Gasteiger partial charge in [-0.3, -0.25) is 0 Å². The van der Waals surface area contributed by atoms with Gasteiger partial charge in [0, 0.05) is 11.6 Å². The third-order valence-electron chi connectivity index (χ3n) is 2.84. The molecule has 0 amide bonds. The Morgan fingerprint density at radius 1 is 1.20 bits per heavy atom. The molecule has 1 aromatic heterocycles. The summed E-state index contributed by atoms with van der Waals surface area (Å²) in [4.78, 5) is 0. The van der Waals surface area contributed by atoms with Gasteiger partial charge in [-0.15, -0.1) is 0 Å². The van der Waals surface area contributed by atoms with E-state index in [0.717, 1.165) is 24.3 Å². The second-order valence-electron chi connectivity index (χ2n) is 4.41. The van der Waals surface area contributed by atoms with E-state index in [1.54, 1.807) is 24.5 Å². The van der Waals surface area contributed by atoms with Crippen molar-refractivity contribution in [2.24, 2.45) is 0 Å². The zero-order valence-electron chi connectivity index (χ0n) is 11.3. The normalized spacial score (nSPS) is 10.8. The molecule has 0 spiro atoms. The fraction of sp³-hybridized carbons (Fsp3) is 0.333. The Labute approximate surface area is 128 Å². The standard InChI is InChI=1S/C15H17Cl2NO2/c1-2-6-18-9-15-11(5-7-19-15)10-20-12-3-4-13(16)14(17)8-12/h3-5,7-8,18H,2,6,9-10H2,1H3. The molecular weight excluding hydrogens is 297 g/mol. The summed E-state index contributed by atoms with van der Waals surface area (Å²) in [6.45, 7) is 4.25. The number of halogens is 2. The molecule has 20 heavy (non-hydrogen) atoms. The summed E-state index contributed by atoms with van der Waals surface area (Å²) >= 11 is 11.8. The molecule has 2 rings (SSSR count). The van der Waals surface area contributed by atoms with Gasteiger partial charge in [-0.05, 0) is 31.2 Å². The van der Waals surface area contributed by atoms with Crippen LogP contribution in [0.15, 0.2) is 34.9 Å².